The summed E-state index contributed by atoms with van der Waals surface area (Å²) in [7, 11) is 0. The van der Waals surface area contributed by atoms with E-state index in [2.05, 4.69) is 43.8 Å². The van der Waals surface area contributed by atoms with Crippen LogP contribution in [0.2, 0.25) is 10.0 Å². The van der Waals surface area contributed by atoms with E-state index in [1.165, 1.54) is 0 Å². The highest BCUT2D eigenvalue weighted by molar-refractivity contribution is 14.1. The fraction of sp³-hybridized carbons (Fsp3) is 0. The molecule has 0 aromatic heterocycles. The van der Waals surface area contributed by atoms with Gasteiger partial charge in [-0.1, -0.05) is 39.1 Å². The second-order valence-electron chi connectivity index (χ2n) is 3.71. The largest absolute Gasteiger partial charge is 0.322 e. The predicted molar refractivity (Wildman–Crippen MR) is 91.3 cm³/mol. The Labute approximate surface area is 142 Å². The van der Waals surface area contributed by atoms with Crippen LogP contribution in [0.4, 0.5) is 5.69 Å². The molecular weight excluding hydrogens is 464 g/mol. The van der Waals surface area contributed by atoms with Gasteiger partial charge >= 0.3 is 0 Å². The van der Waals surface area contributed by atoms with Crippen LogP contribution in [-0.2, 0) is 0 Å². The number of hydrogen-bond acceptors (Lipinski definition) is 1. The van der Waals surface area contributed by atoms with Crippen molar-refractivity contribution in [3.8, 4) is 0 Å². The first-order valence-electron chi connectivity index (χ1n) is 5.19. The van der Waals surface area contributed by atoms with Crippen molar-refractivity contribution >= 4 is 73.3 Å². The molecule has 0 radical (unpaired) electrons. The van der Waals surface area contributed by atoms with E-state index >= 15 is 0 Å². The summed E-state index contributed by atoms with van der Waals surface area (Å²) in [5.41, 5.74) is 1.20. The van der Waals surface area contributed by atoms with Gasteiger partial charge in [0, 0.05) is 13.7 Å². The number of amides is 1. The van der Waals surface area contributed by atoms with Gasteiger partial charge in [0.25, 0.3) is 5.91 Å². The van der Waals surface area contributed by atoms with Crippen LogP contribution in [0.5, 0.6) is 0 Å². The molecule has 1 amide bonds. The molecule has 0 saturated carbocycles. The van der Waals surface area contributed by atoms with Gasteiger partial charge in [-0.3, -0.25) is 4.79 Å². The van der Waals surface area contributed by atoms with Crippen LogP contribution < -0.4 is 5.32 Å². The van der Waals surface area contributed by atoms with Crippen LogP contribution in [-0.4, -0.2) is 5.91 Å². The highest BCUT2D eigenvalue weighted by Crippen LogP contribution is 2.26. The molecule has 2 rings (SSSR count). The molecule has 0 spiro atoms. The van der Waals surface area contributed by atoms with Gasteiger partial charge in [0.05, 0.1) is 15.6 Å². The molecule has 0 atom stereocenters. The minimum atomic E-state index is -0.191. The topological polar surface area (TPSA) is 29.1 Å². The predicted octanol–water partition coefficient (Wildman–Crippen LogP) is 5.61. The fourth-order valence-corrected chi connectivity index (χ4v) is 2.68. The molecule has 0 fully saturated rings. The number of halogens is 4. The zero-order valence-electron chi connectivity index (χ0n) is 9.38. The van der Waals surface area contributed by atoms with E-state index in [0.29, 0.717) is 21.3 Å². The number of carbonyl (C=O) groups is 1. The van der Waals surface area contributed by atoms with E-state index < -0.39 is 0 Å². The maximum atomic E-state index is 12.2. The van der Waals surface area contributed by atoms with Gasteiger partial charge in [0.2, 0.25) is 0 Å². The van der Waals surface area contributed by atoms with Gasteiger partial charge < -0.3 is 5.32 Å². The first kappa shape index (κ1) is 15.1. The van der Waals surface area contributed by atoms with E-state index in [1.807, 2.05) is 12.1 Å². The molecule has 0 bridgehead atoms. The summed E-state index contributed by atoms with van der Waals surface area (Å²) >= 11 is 17.2. The van der Waals surface area contributed by atoms with Crippen molar-refractivity contribution in [1.29, 1.82) is 0 Å². The molecule has 6 heteroatoms. The Morgan fingerprint density at radius 3 is 2.53 bits per heavy atom. The van der Waals surface area contributed by atoms with Crippen LogP contribution in [0, 0.1) is 3.57 Å². The minimum absolute atomic E-state index is 0.191. The standard InChI is InChI=1S/C13H7BrCl2INO/c14-7-1-4-12(17)9(5-7)13(19)18-8-2-3-10(15)11(16)6-8/h1-6H,(H,18,19). The molecule has 0 aliphatic heterocycles. The zero-order valence-corrected chi connectivity index (χ0v) is 14.6. The number of carbonyl (C=O) groups excluding carboxylic acids is 1. The number of hydrogen-bond donors (Lipinski definition) is 1. The fourth-order valence-electron chi connectivity index (χ4n) is 1.44. The van der Waals surface area contributed by atoms with Crippen molar-refractivity contribution in [2.24, 2.45) is 0 Å². The highest BCUT2D eigenvalue weighted by atomic mass is 127. The molecule has 2 nitrogen and oxygen atoms in total. The van der Waals surface area contributed by atoms with Crippen LogP contribution >= 0.6 is 61.7 Å². The Kier molecular flexibility index (Phi) is 5.11. The Morgan fingerprint density at radius 2 is 1.84 bits per heavy atom. The lowest BCUT2D eigenvalue weighted by atomic mass is 10.2. The lowest BCUT2D eigenvalue weighted by Gasteiger charge is -2.08. The molecule has 1 N–H and O–H groups in total. The van der Waals surface area contributed by atoms with Crippen molar-refractivity contribution < 1.29 is 4.79 Å². The average Bonchev–Trinajstić information content (AvgIpc) is 2.36. The third-order valence-corrected chi connectivity index (χ3v) is 4.52. The zero-order chi connectivity index (χ0) is 14.0. The molecule has 2 aromatic carbocycles. The van der Waals surface area contributed by atoms with Crippen LogP contribution in [0.3, 0.4) is 0 Å². The third-order valence-electron chi connectivity index (χ3n) is 2.35. The minimum Gasteiger partial charge on any atom is -0.322 e. The van der Waals surface area contributed by atoms with E-state index in [4.69, 9.17) is 23.2 Å². The summed E-state index contributed by atoms with van der Waals surface area (Å²) in [4.78, 5) is 12.2. The molecule has 2 aromatic rings. The molecule has 19 heavy (non-hydrogen) atoms. The van der Waals surface area contributed by atoms with E-state index in [9.17, 15) is 4.79 Å². The molecule has 0 aliphatic carbocycles. The maximum absolute atomic E-state index is 12.2. The summed E-state index contributed by atoms with van der Waals surface area (Å²) in [5.74, 6) is -0.191. The summed E-state index contributed by atoms with van der Waals surface area (Å²) in [5, 5.41) is 3.65. The van der Waals surface area contributed by atoms with Crippen molar-refractivity contribution in [1.82, 2.24) is 0 Å². The van der Waals surface area contributed by atoms with Gasteiger partial charge in [0.1, 0.15) is 0 Å². The molecule has 0 aliphatic rings. The van der Waals surface area contributed by atoms with Crippen LogP contribution in [0.15, 0.2) is 40.9 Å². The van der Waals surface area contributed by atoms with E-state index in [0.717, 1.165) is 8.04 Å². The molecule has 98 valence electrons. The number of rotatable bonds is 2. The van der Waals surface area contributed by atoms with Crippen molar-refractivity contribution in [3.63, 3.8) is 0 Å². The van der Waals surface area contributed by atoms with Gasteiger partial charge in [-0.15, -0.1) is 0 Å². The number of anilines is 1. The monoisotopic (exact) mass is 469 g/mol. The van der Waals surface area contributed by atoms with Crippen molar-refractivity contribution in [2.75, 3.05) is 5.32 Å². The summed E-state index contributed by atoms with van der Waals surface area (Å²) < 4.78 is 1.73. The van der Waals surface area contributed by atoms with Gasteiger partial charge in [0.15, 0.2) is 0 Å². The summed E-state index contributed by atoms with van der Waals surface area (Å²) in [6.07, 6.45) is 0. The van der Waals surface area contributed by atoms with E-state index in [1.54, 1.807) is 24.3 Å². The Balaban J connectivity index is 2.25. The molecule has 0 saturated heterocycles. The SMILES string of the molecule is O=C(Nc1ccc(Cl)c(Cl)c1)c1cc(Br)ccc1I. The van der Waals surface area contributed by atoms with Crippen LogP contribution in [0.25, 0.3) is 0 Å². The molecular formula is C13H7BrCl2INO. The quantitative estimate of drug-likeness (QED) is 0.568. The lowest BCUT2D eigenvalue weighted by Crippen LogP contribution is -2.13. The lowest BCUT2D eigenvalue weighted by molar-refractivity contribution is 0.102. The second kappa shape index (κ2) is 6.43. The van der Waals surface area contributed by atoms with Gasteiger partial charge in [-0.05, 0) is 59.0 Å². The number of benzene rings is 2. The maximum Gasteiger partial charge on any atom is 0.256 e. The first-order valence-corrected chi connectivity index (χ1v) is 7.81. The Bertz CT molecular complexity index is 649. The van der Waals surface area contributed by atoms with Crippen LogP contribution in [0.1, 0.15) is 10.4 Å². The molecule has 0 heterocycles. The summed E-state index contributed by atoms with van der Waals surface area (Å²) in [6, 6.07) is 10.5. The third kappa shape index (κ3) is 3.84. The number of nitrogens with one attached hydrogen (secondary N) is 1. The van der Waals surface area contributed by atoms with Crippen molar-refractivity contribution in [3.05, 3.63) is 60.0 Å². The van der Waals surface area contributed by atoms with Gasteiger partial charge in [-0.25, -0.2) is 0 Å². The highest BCUT2D eigenvalue weighted by Gasteiger charge is 2.11. The smallest absolute Gasteiger partial charge is 0.256 e. The second-order valence-corrected chi connectivity index (χ2v) is 6.60. The van der Waals surface area contributed by atoms with Crippen molar-refractivity contribution in [2.45, 2.75) is 0 Å². The van der Waals surface area contributed by atoms with Gasteiger partial charge in [-0.2, -0.15) is 0 Å². The van der Waals surface area contributed by atoms with E-state index in [-0.39, 0.29) is 5.91 Å². The molecule has 0 unspecified atom stereocenters. The first-order chi connectivity index (χ1) is 8.97. The Hall–Kier alpha value is -0.300. The Morgan fingerprint density at radius 1 is 1.11 bits per heavy atom. The summed E-state index contributed by atoms with van der Waals surface area (Å²) in [6.45, 7) is 0. The normalized spacial score (nSPS) is 10.3. The average molecular weight is 471 g/mol.